The Labute approximate surface area is 74.6 Å². The van der Waals surface area contributed by atoms with Crippen LogP contribution in [0, 0.1) is 0 Å². The molecule has 1 N–H and O–H groups in total. The van der Waals surface area contributed by atoms with E-state index in [0.29, 0.717) is 0 Å². The number of methoxy groups -OCH3 is 1. The maximum absolute atomic E-state index is 8.88. The van der Waals surface area contributed by atoms with Crippen molar-refractivity contribution in [2.75, 3.05) is 13.7 Å². The molecule has 12 heavy (non-hydrogen) atoms. The first-order chi connectivity index (χ1) is 5.74. The molecule has 1 unspecified atom stereocenters. The fourth-order valence-corrected chi connectivity index (χ4v) is 0.785. The molecule has 0 saturated carbocycles. The molecule has 0 spiro atoms. The van der Waals surface area contributed by atoms with Crippen LogP contribution in [0.15, 0.2) is 23.8 Å². The van der Waals surface area contributed by atoms with Gasteiger partial charge in [-0.3, -0.25) is 0 Å². The number of ether oxygens (including phenoxy) is 1. The number of allylic oxidation sites excluding steroid dienone is 1. The topological polar surface area (TPSA) is 29.5 Å². The summed E-state index contributed by atoms with van der Waals surface area (Å²) in [5.41, 5.74) is 0.946. The number of hydrogen-bond donors (Lipinski definition) is 1. The molecule has 2 heteroatoms. The Morgan fingerprint density at radius 1 is 1.58 bits per heavy atom. The van der Waals surface area contributed by atoms with Crippen LogP contribution in [0.2, 0.25) is 0 Å². The molecule has 0 aliphatic carbocycles. The molecule has 0 aromatic rings. The van der Waals surface area contributed by atoms with Crippen LogP contribution in [-0.2, 0) is 4.74 Å². The van der Waals surface area contributed by atoms with Crippen LogP contribution in [0.5, 0.6) is 0 Å². The van der Waals surface area contributed by atoms with Crippen molar-refractivity contribution in [2.24, 2.45) is 0 Å². The third-order valence-electron chi connectivity index (χ3n) is 1.60. The molecule has 0 aliphatic rings. The van der Waals surface area contributed by atoms with Gasteiger partial charge in [-0.05, 0) is 18.9 Å². The quantitative estimate of drug-likeness (QED) is 0.639. The van der Waals surface area contributed by atoms with Gasteiger partial charge < -0.3 is 9.84 Å². The van der Waals surface area contributed by atoms with Crippen molar-refractivity contribution < 1.29 is 9.84 Å². The Morgan fingerprint density at radius 3 is 2.67 bits per heavy atom. The zero-order chi connectivity index (χ0) is 9.40. The molecule has 0 aromatic heterocycles. The zero-order valence-corrected chi connectivity index (χ0v) is 8.08. The first kappa shape index (κ1) is 11.4. The van der Waals surface area contributed by atoms with E-state index in [0.717, 1.165) is 12.0 Å². The lowest BCUT2D eigenvalue weighted by molar-refractivity contribution is 0.156. The van der Waals surface area contributed by atoms with E-state index in [2.05, 4.69) is 0 Å². The van der Waals surface area contributed by atoms with Crippen LogP contribution in [0.3, 0.4) is 0 Å². The number of rotatable bonds is 5. The van der Waals surface area contributed by atoms with E-state index in [1.54, 1.807) is 7.11 Å². The Kier molecular flexibility index (Phi) is 6.72. The molecule has 0 rings (SSSR count). The van der Waals surface area contributed by atoms with Gasteiger partial charge in [0.2, 0.25) is 0 Å². The average molecular weight is 170 g/mol. The lowest BCUT2D eigenvalue weighted by Crippen LogP contribution is -1.99. The van der Waals surface area contributed by atoms with Crippen molar-refractivity contribution in [3.05, 3.63) is 23.8 Å². The van der Waals surface area contributed by atoms with Crippen LogP contribution in [0.4, 0.5) is 0 Å². The first-order valence-corrected chi connectivity index (χ1v) is 4.25. The van der Waals surface area contributed by atoms with E-state index in [-0.39, 0.29) is 12.7 Å². The second-order valence-electron chi connectivity index (χ2n) is 2.65. The van der Waals surface area contributed by atoms with E-state index in [4.69, 9.17) is 9.84 Å². The highest BCUT2D eigenvalue weighted by molar-refractivity contribution is 5.19. The molecule has 0 fully saturated rings. The van der Waals surface area contributed by atoms with Gasteiger partial charge in [-0.15, -0.1) is 0 Å². The summed E-state index contributed by atoms with van der Waals surface area (Å²) < 4.78 is 5.03. The van der Waals surface area contributed by atoms with Gasteiger partial charge in [0.1, 0.15) is 0 Å². The van der Waals surface area contributed by atoms with Gasteiger partial charge in [-0.25, -0.2) is 0 Å². The van der Waals surface area contributed by atoms with Gasteiger partial charge in [0.25, 0.3) is 0 Å². The third-order valence-corrected chi connectivity index (χ3v) is 1.60. The number of aliphatic hydroxyl groups is 1. The molecule has 0 amide bonds. The summed E-state index contributed by atoms with van der Waals surface area (Å²) in [6, 6.07) is 0. The molecule has 0 saturated heterocycles. The van der Waals surface area contributed by atoms with Crippen LogP contribution in [0.1, 0.15) is 20.3 Å². The van der Waals surface area contributed by atoms with Crippen LogP contribution >= 0.6 is 0 Å². The van der Waals surface area contributed by atoms with Crippen molar-refractivity contribution in [3.63, 3.8) is 0 Å². The van der Waals surface area contributed by atoms with Crippen molar-refractivity contribution in [3.8, 4) is 0 Å². The minimum absolute atomic E-state index is 0.0980. The van der Waals surface area contributed by atoms with Gasteiger partial charge in [0.05, 0.1) is 12.7 Å². The van der Waals surface area contributed by atoms with E-state index in [9.17, 15) is 0 Å². The molecular formula is C10H18O2. The Hall–Kier alpha value is -0.600. The average Bonchev–Trinajstić information content (AvgIpc) is 2.11. The van der Waals surface area contributed by atoms with Gasteiger partial charge in [0.15, 0.2) is 0 Å². The second-order valence-corrected chi connectivity index (χ2v) is 2.65. The summed E-state index contributed by atoms with van der Waals surface area (Å²) in [6.07, 6.45) is 6.88. The zero-order valence-electron chi connectivity index (χ0n) is 8.08. The summed E-state index contributed by atoms with van der Waals surface area (Å²) in [4.78, 5) is 0. The van der Waals surface area contributed by atoms with Crippen molar-refractivity contribution in [1.82, 2.24) is 0 Å². The van der Waals surface area contributed by atoms with Gasteiger partial charge in [-0.1, -0.05) is 25.2 Å². The minimum atomic E-state index is 0.0980. The molecule has 0 bridgehead atoms. The lowest BCUT2D eigenvalue weighted by Gasteiger charge is -2.02. The summed E-state index contributed by atoms with van der Waals surface area (Å²) in [5.74, 6) is 0. The molecule has 0 heterocycles. The summed E-state index contributed by atoms with van der Waals surface area (Å²) in [6.45, 7) is 4.10. The first-order valence-electron chi connectivity index (χ1n) is 4.25. The molecular weight excluding hydrogens is 152 g/mol. The number of aliphatic hydroxyl groups excluding tert-OH is 1. The molecule has 70 valence electrons. The lowest BCUT2D eigenvalue weighted by atomic mass is 10.2. The second kappa shape index (κ2) is 7.07. The molecule has 1 atom stereocenters. The molecule has 0 aromatic carbocycles. The standard InChI is InChI=1S/C10H18O2/c1-4-5-10(8-11)7-6-9(2)12-3/h5-7,9,11H,4,8H2,1-3H3/b7-6-,10-5+. The molecule has 0 radical (unpaired) electrons. The minimum Gasteiger partial charge on any atom is -0.392 e. The van der Waals surface area contributed by atoms with E-state index >= 15 is 0 Å². The van der Waals surface area contributed by atoms with Gasteiger partial charge in [-0.2, -0.15) is 0 Å². The van der Waals surface area contributed by atoms with E-state index in [1.165, 1.54) is 0 Å². The van der Waals surface area contributed by atoms with Crippen molar-refractivity contribution >= 4 is 0 Å². The molecule has 0 aliphatic heterocycles. The largest absolute Gasteiger partial charge is 0.392 e. The third kappa shape index (κ3) is 5.10. The van der Waals surface area contributed by atoms with Gasteiger partial charge in [0, 0.05) is 7.11 Å². The van der Waals surface area contributed by atoms with Crippen molar-refractivity contribution in [1.29, 1.82) is 0 Å². The summed E-state index contributed by atoms with van der Waals surface area (Å²) in [7, 11) is 1.66. The fourth-order valence-electron chi connectivity index (χ4n) is 0.785. The summed E-state index contributed by atoms with van der Waals surface area (Å²) >= 11 is 0. The smallest absolute Gasteiger partial charge is 0.0727 e. The monoisotopic (exact) mass is 170 g/mol. The Bertz CT molecular complexity index is 159. The van der Waals surface area contributed by atoms with Crippen LogP contribution in [-0.4, -0.2) is 24.9 Å². The predicted octanol–water partition coefficient (Wildman–Crippen LogP) is 1.91. The fraction of sp³-hybridized carbons (Fsp3) is 0.600. The highest BCUT2D eigenvalue weighted by atomic mass is 16.5. The maximum atomic E-state index is 8.88. The Balaban J connectivity index is 4.01. The van der Waals surface area contributed by atoms with Crippen LogP contribution in [0.25, 0.3) is 0 Å². The molecule has 2 nitrogen and oxygen atoms in total. The van der Waals surface area contributed by atoms with Gasteiger partial charge >= 0.3 is 0 Å². The van der Waals surface area contributed by atoms with E-state index < -0.39 is 0 Å². The van der Waals surface area contributed by atoms with Crippen molar-refractivity contribution in [2.45, 2.75) is 26.4 Å². The Morgan fingerprint density at radius 2 is 2.25 bits per heavy atom. The van der Waals surface area contributed by atoms with Crippen LogP contribution < -0.4 is 0 Å². The highest BCUT2D eigenvalue weighted by Gasteiger charge is 1.92. The normalized spacial score (nSPS) is 15.5. The van der Waals surface area contributed by atoms with E-state index in [1.807, 2.05) is 32.1 Å². The maximum Gasteiger partial charge on any atom is 0.0727 e. The number of hydrogen-bond acceptors (Lipinski definition) is 2. The summed E-state index contributed by atoms with van der Waals surface area (Å²) in [5, 5.41) is 8.88. The SMILES string of the molecule is CC/C=C(\C=C/C(C)OC)CO. The predicted molar refractivity (Wildman–Crippen MR) is 51.1 cm³/mol. The highest BCUT2D eigenvalue weighted by Crippen LogP contribution is 2.00.